The fourth-order valence-electron chi connectivity index (χ4n) is 2.94. The van der Waals surface area contributed by atoms with Crippen molar-refractivity contribution in [2.75, 3.05) is 31.6 Å². The number of hydrogen-bond donors (Lipinski definition) is 1. The molecule has 0 aliphatic carbocycles. The van der Waals surface area contributed by atoms with Gasteiger partial charge in [-0.3, -0.25) is 4.79 Å². The lowest BCUT2D eigenvalue weighted by atomic mass is 10.1. The number of amides is 1. The molecular formula is C20H23FN2O4S. The van der Waals surface area contributed by atoms with E-state index in [9.17, 15) is 17.6 Å². The van der Waals surface area contributed by atoms with Crippen molar-refractivity contribution in [3.63, 3.8) is 0 Å². The van der Waals surface area contributed by atoms with Crippen LogP contribution < -0.4 is 5.32 Å². The Balaban J connectivity index is 1.68. The van der Waals surface area contributed by atoms with Gasteiger partial charge in [0.05, 0.1) is 13.2 Å². The predicted molar refractivity (Wildman–Crippen MR) is 104 cm³/mol. The highest BCUT2D eigenvalue weighted by molar-refractivity contribution is 7.89. The molecule has 2 aromatic carbocycles. The highest BCUT2D eigenvalue weighted by atomic mass is 32.2. The number of aryl methyl sites for hydroxylation is 2. The largest absolute Gasteiger partial charge is 0.379 e. The Kier molecular flexibility index (Phi) is 6.43. The number of nitrogens with zero attached hydrogens (tertiary/aromatic N) is 1. The van der Waals surface area contributed by atoms with Gasteiger partial charge in [0, 0.05) is 25.2 Å². The number of anilines is 1. The molecule has 0 unspecified atom stereocenters. The lowest BCUT2D eigenvalue weighted by molar-refractivity contribution is -0.116. The summed E-state index contributed by atoms with van der Waals surface area (Å²) >= 11 is 0. The van der Waals surface area contributed by atoms with E-state index < -0.39 is 20.7 Å². The zero-order chi connectivity index (χ0) is 20.1. The van der Waals surface area contributed by atoms with E-state index in [2.05, 4.69) is 5.32 Å². The van der Waals surface area contributed by atoms with Gasteiger partial charge in [-0.2, -0.15) is 4.31 Å². The second-order valence-corrected chi connectivity index (χ2v) is 8.60. The summed E-state index contributed by atoms with van der Waals surface area (Å²) in [6, 6.07) is 11.5. The molecule has 1 fully saturated rings. The summed E-state index contributed by atoms with van der Waals surface area (Å²) in [6.45, 7) is 2.89. The minimum atomic E-state index is -3.98. The molecule has 6 nitrogen and oxygen atoms in total. The molecule has 8 heteroatoms. The number of carbonyl (C=O) groups is 1. The van der Waals surface area contributed by atoms with Crippen LogP contribution in [0.5, 0.6) is 0 Å². The van der Waals surface area contributed by atoms with E-state index in [-0.39, 0.29) is 44.3 Å². The van der Waals surface area contributed by atoms with Gasteiger partial charge < -0.3 is 10.1 Å². The number of sulfonamides is 1. The molecule has 1 aliphatic heterocycles. The first kappa shape index (κ1) is 20.4. The minimum Gasteiger partial charge on any atom is -0.379 e. The summed E-state index contributed by atoms with van der Waals surface area (Å²) in [4.78, 5) is 11.8. The summed E-state index contributed by atoms with van der Waals surface area (Å²) in [7, 11) is -3.98. The number of morpholine rings is 1. The van der Waals surface area contributed by atoms with Crippen molar-refractivity contribution in [2.24, 2.45) is 0 Å². The molecule has 0 saturated carbocycles. The Morgan fingerprint density at radius 2 is 1.82 bits per heavy atom. The van der Waals surface area contributed by atoms with Crippen molar-refractivity contribution in [2.45, 2.75) is 24.7 Å². The Labute approximate surface area is 164 Å². The van der Waals surface area contributed by atoms with Crippen LogP contribution in [0.1, 0.15) is 17.5 Å². The van der Waals surface area contributed by atoms with Crippen molar-refractivity contribution < 1.29 is 22.3 Å². The van der Waals surface area contributed by atoms with Gasteiger partial charge in [0.1, 0.15) is 10.7 Å². The van der Waals surface area contributed by atoms with Crippen LogP contribution in [0.3, 0.4) is 0 Å². The fourth-order valence-corrected chi connectivity index (χ4v) is 4.44. The van der Waals surface area contributed by atoms with E-state index in [1.165, 1.54) is 16.4 Å². The summed E-state index contributed by atoms with van der Waals surface area (Å²) in [5, 5.41) is 2.65. The third-order valence-corrected chi connectivity index (χ3v) is 6.48. The van der Waals surface area contributed by atoms with Gasteiger partial charge in [0.2, 0.25) is 15.9 Å². The molecule has 0 radical (unpaired) electrons. The first-order valence-electron chi connectivity index (χ1n) is 9.09. The lowest BCUT2D eigenvalue weighted by Crippen LogP contribution is -2.40. The van der Waals surface area contributed by atoms with Gasteiger partial charge in [-0.25, -0.2) is 12.8 Å². The maximum absolute atomic E-state index is 14.2. The zero-order valence-electron chi connectivity index (χ0n) is 15.7. The van der Waals surface area contributed by atoms with Crippen LogP contribution in [0.25, 0.3) is 0 Å². The van der Waals surface area contributed by atoms with Crippen LogP contribution in [0, 0.1) is 12.7 Å². The average molecular weight is 406 g/mol. The number of rotatable bonds is 6. The van der Waals surface area contributed by atoms with E-state index in [0.29, 0.717) is 6.42 Å². The topological polar surface area (TPSA) is 75.7 Å². The summed E-state index contributed by atoms with van der Waals surface area (Å²) in [6.07, 6.45) is 0.804. The normalized spacial score (nSPS) is 15.4. The Morgan fingerprint density at radius 3 is 2.50 bits per heavy atom. The first-order valence-corrected chi connectivity index (χ1v) is 10.5. The van der Waals surface area contributed by atoms with Gasteiger partial charge in [0.15, 0.2) is 0 Å². The molecule has 0 atom stereocenters. The number of halogens is 1. The number of hydrogen-bond acceptors (Lipinski definition) is 4. The molecule has 28 heavy (non-hydrogen) atoms. The number of benzene rings is 2. The van der Waals surface area contributed by atoms with Crippen molar-refractivity contribution in [1.82, 2.24) is 4.31 Å². The van der Waals surface area contributed by atoms with Crippen LogP contribution >= 0.6 is 0 Å². The average Bonchev–Trinajstić information content (AvgIpc) is 2.69. The lowest BCUT2D eigenvalue weighted by Gasteiger charge is -2.26. The molecule has 1 heterocycles. The molecule has 1 amide bonds. The van der Waals surface area contributed by atoms with Crippen molar-refractivity contribution in [3.05, 3.63) is 59.4 Å². The van der Waals surface area contributed by atoms with E-state index >= 15 is 0 Å². The Hall–Kier alpha value is -2.29. The molecule has 2 aromatic rings. The molecule has 1 saturated heterocycles. The van der Waals surface area contributed by atoms with Crippen LogP contribution in [-0.2, 0) is 26.0 Å². The van der Waals surface area contributed by atoms with Crippen molar-refractivity contribution in [1.29, 1.82) is 0 Å². The Bertz CT molecular complexity index is 939. The molecule has 3 rings (SSSR count). The van der Waals surface area contributed by atoms with Crippen LogP contribution in [0.15, 0.2) is 47.4 Å². The fraction of sp³-hybridized carbons (Fsp3) is 0.350. The van der Waals surface area contributed by atoms with E-state index in [1.54, 1.807) is 0 Å². The SMILES string of the molecule is Cc1ccc(CCC(=O)Nc2ccc(F)c(S(=O)(=O)N3CCOCC3)c2)cc1. The highest BCUT2D eigenvalue weighted by Crippen LogP contribution is 2.24. The first-order chi connectivity index (χ1) is 13.4. The van der Waals surface area contributed by atoms with Gasteiger partial charge in [-0.15, -0.1) is 0 Å². The molecular weight excluding hydrogens is 383 g/mol. The molecule has 1 N–H and O–H groups in total. The number of nitrogens with one attached hydrogen (secondary N) is 1. The molecule has 1 aliphatic rings. The van der Waals surface area contributed by atoms with Crippen LogP contribution in [0.4, 0.5) is 10.1 Å². The number of carbonyl (C=O) groups excluding carboxylic acids is 1. The second-order valence-electron chi connectivity index (χ2n) is 6.70. The number of ether oxygens (including phenoxy) is 1. The molecule has 0 aromatic heterocycles. The monoisotopic (exact) mass is 406 g/mol. The maximum atomic E-state index is 14.2. The third-order valence-electron chi connectivity index (χ3n) is 4.56. The van der Waals surface area contributed by atoms with Crippen molar-refractivity contribution >= 4 is 21.6 Å². The minimum absolute atomic E-state index is 0.176. The van der Waals surface area contributed by atoms with E-state index in [0.717, 1.165) is 17.2 Å². The smallest absolute Gasteiger partial charge is 0.246 e. The predicted octanol–water partition coefficient (Wildman–Crippen LogP) is 2.73. The standard InChI is InChI=1S/C20H23FN2O4S/c1-15-2-4-16(5-3-15)6-9-20(24)22-17-7-8-18(21)19(14-17)28(25,26)23-10-12-27-13-11-23/h2-5,7-8,14H,6,9-13H2,1H3,(H,22,24). The van der Waals surface area contributed by atoms with E-state index in [1.807, 2.05) is 31.2 Å². The quantitative estimate of drug-likeness (QED) is 0.800. The zero-order valence-corrected chi connectivity index (χ0v) is 16.5. The summed E-state index contributed by atoms with van der Waals surface area (Å²) < 4.78 is 46.0. The molecule has 150 valence electrons. The summed E-state index contributed by atoms with van der Waals surface area (Å²) in [5.74, 6) is -1.11. The third kappa shape index (κ3) is 4.95. The highest BCUT2D eigenvalue weighted by Gasteiger charge is 2.29. The molecule has 0 bridgehead atoms. The maximum Gasteiger partial charge on any atom is 0.246 e. The van der Waals surface area contributed by atoms with Gasteiger partial charge in [-0.05, 0) is 37.1 Å². The van der Waals surface area contributed by atoms with E-state index in [4.69, 9.17) is 4.74 Å². The van der Waals surface area contributed by atoms with Gasteiger partial charge in [-0.1, -0.05) is 29.8 Å². The van der Waals surface area contributed by atoms with Gasteiger partial charge >= 0.3 is 0 Å². The second kappa shape index (κ2) is 8.81. The summed E-state index contributed by atoms with van der Waals surface area (Å²) in [5.41, 5.74) is 2.44. The van der Waals surface area contributed by atoms with Crippen molar-refractivity contribution in [3.8, 4) is 0 Å². The van der Waals surface area contributed by atoms with Gasteiger partial charge in [0.25, 0.3) is 0 Å². The molecule has 0 spiro atoms. The Morgan fingerprint density at radius 1 is 1.14 bits per heavy atom. The van der Waals surface area contributed by atoms with Crippen LogP contribution in [-0.4, -0.2) is 44.9 Å². The van der Waals surface area contributed by atoms with Crippen LogP contribution in [0.2, 0.25) is 0 Å².